The average Bonchev–Trinajstić information content (AvgIpc) is 3.41. The number of nitriles is 1. The number of aromatic nitrogens is 3. The van der Waals surface area contributed by atoms with Crippen molar-refractivity contribution in [3.63, 3.8) is 0 Å². The number of anilines is 1. The molecular weight excluding hydrogens is 542 g/mol. The summed E-state index contributed by atoms with van der Waals surface area (Å²) in [4.78, 5) is 42.6. The zero-order valence-corrected chi connectivity index (χ0v) is 23.1. The number of hydrogen-bond acceptors (Lipinski definition) is 8. The molecule has 2 aliphatic rings. The minimum absolute atomic E-state index is 0.293. The van der Waals surface area contributed by atoms with E-state index >= 15 is 0 Å². The average molecular weight is 570 g/mol. The zero-order valence-electron chi connectivity index (χ0n) is 22.3. The standard InChI is InChI=1S/C29H27N7O4S/c1-18-22-14-21(5-6-23(22)32-17-31-18)25-24(20-4-2-3-19(13-20)15-30)33-26(41-25)34-27(37)35-9-7-29(8-10-35)16-40-12-11-36(29)28(38)39/h2-6,13-14,17H,7-12,16H2,1H3,(H,38,39)(H,33,34,37). The van der Waals surface area contributed by atoms with E-state index in [9.17, 15) is 20.0 Å². The molecule has 0 unspecified atom stereocenters. The maximum atomic E-state index is 13.3. The van der Waals surface area contributed by atoms with Crippen molar-refractivity contribution < 1.29 is 19.4 Å². The first-order valence-corrected chi connectivity index (χ1v) is 14.1. The van der Waals surface area contributed by atoms with Gasteiger partial charge in [-0.3, -0.25) is 10.2 Å². The Bertz CT molecular complexity index is 1690. The van der Waals surface area contributed by atoms with Crippen LogP contribution in [-0.2, 0) is 4.74 Å². The first-order valence-electron chi connectivity index (χ1n) is 13.2. The van der Waals surface area contributed by atoms with Gasteiger partial charge in [-0.1, -0.05) is 29.5 Å². The van der Waals surface area contributed by atoms with Crippen LogP contribution in [-0.4, -0.2) is 80.4 Å². The summed E-state index contributed by atoms with van der Waals surface area (Å²) in [5, 5.41) is 23.5. The number of piperidine rings is 1. The first-order chi connectivity index (χ1) is 19.9. The topological polar surface area (TPSA) is 145 Å². The molecule has 208 valence electrons. The van der Waals surface area contributed by atoms with Crippen molar-refractivity contribution in [1.29, 1.82) is 5.26 Å². The Morgan fingerprint density at radius 3 is 2.73 bits per heavy atom. The van der Waals surface area contributed by atoms with Crippen molar-refractivity contribution in [2.45, 2.75) is 25.3 Å². The van der Waals surface area contributed by atoms with E-state index in [1.807, 2.05) is 37.3 Å². The number of benzene rings is 2. The van der Waals surface area contributed by atoms with Crippen LogP contribution in [0.3, 0.4) is 0 Å². The monoisotopic (exact) mass is 569 g/mol. The third-order valence-corrected chi connectivity index (χ3v) is 8.84. The molecule has 12 heteroatoms. The smallest absolute Gasteiger partial charge is 0.407 e. The fourth-order valence-electron chi connectivity index (χ4n) is 5.57. The van der Waals surface area contributed by atoms with Crippen molar-refractivity contribution in [3.05, 3.63) is 60.0 Å². The summed E-state index contributed by atoms with van der Waals surface area (Å²) in [7, 11) is 0. The van der Waals surface area contributed by atoms with Crippen molar-refractivity contribution in [1.82, 2.24) is 24.8 Å². The molecular formula is C29H27N7O4S. The van der Waals surface area contributed by atoms with Crippen LogP contribution in [0.4, 0.5) is 14.7 Å². The third-order valence-electron chi connectivity index (χ3n) is 7.82. The van der Waals surface area contributed by atoms with Crippen LogP contribution in [0.5, 0.6) is 0 Å². The Hall–Kier alpha value is -4.60. The number of aryl methyl sites for hydroxylation is 1. The van der Waals surface area contributed by atoms with E-state index in [1.165, 1.54) is 16.2 Å². The van der Waals surface area contributed by atoms with E-state index in [-0.39, 0.29) is 6.03 Å². The van der Waals surface area contributed by atoms with E-state index in [0.29, 0.717) is 62.1 Å². The van der Waals surface area contributed by atoms with Gasteiger partial charge in [0.05, 0.1) is 46.5 Å². The molecule has 2 fully saturated rings. The quantitative estimate of drug-likeness (QED) is 0.352. The zero-order chi connectivity index (χ0) is 28.6. The second kappa shape index (κ2) is 10.8. The highest BCUT2D eigenvalue weighted by atomic mass is 32.1. The number of fused-ring (bicyclic) bond motifs is 1. The largest absolute Gasteiger partial charge is 0.465 e. The number of carbonyl (C=O) groups is 2. The van der Waals surface area contributed by atoms with Gasteiger partial charge in [0, 0.05) is 36.3 Å². The fraction of sp³-hybridized carbons (Fsp3) is 0.310. The van der Waals surface area contributed by atoms with Gasteiger partial charge in [0.15, 0.2) is 5.13 Å². The number of carbonyl (C=O) groups excluding carboxylic acids is 1. The van der Waals surface area contributed by atoms with Gasteiger partial charge in [0.25, 0.3) is 0 Å². The molecule has 0 radical (unpaired) electrons. The fourth-order valence-corrected chi connectivity index (χ4v) is 6.54. The molecule has 0 aliphatic carbocycles. The molecule has 2 aromatic heterocycles. The van der Waals surface area contributed by atoms with Gasteiger partial charge in [-0.05, 0) is 49.6 Å². The van der Waals surface area contributed by atoms with Crippen LogP contribution in [0.1, 0.15) is 24.1 Å². The van der Waals surface area contributed by atoms with Crippen LogP contribution in [0, 0.1) is 18.3 Å². The van der Waals surface area contributed by atoms with E-state index in [4.69, 9.17) is 9.72 Å². The van der Waals surface area contributed by atoms with Crippen LogP contribution in [0.15, 0.2) is 48.8 Å². The SMILES string of the molecule is Cc1ncnc2ccc(-c3sc(NC(=O)N4CCC5(CC4)COCCN5C(=O)O)nc3-c3cccc(C#N)c3)cc12. The molecule has 0 bridgehead atoms. The van der Waals surface area contributed by atoms with Gasteiger partial charge in [-0.25, -0.2) is 24.5 Å². The molecule has 3 amide bonds. The minimum atomic E-state index is -0.954. The summed E-state index contributed by atoms with van der Waals surface area (Å²) in [6.45, 7) is 3.79. The van der Waals surface area contributed by atoms with Gasteiger partial charge in [0.1, 0.15) is 6.33 Å². The molecule has 41 heavy (non-hydrogen) atoms. The van der Waals surface area contributed by atoms with Crippen molar-refractivity contribution in [3.8, 4) is 27.8 Å². The predicted octanol–water partition coefficient (Wildman–Crippen LogP) is 4.98. The van der Waals surface area contributed by atoms with E-state index < -0.39 is 11.6 Å². The molecule has 0 atom stereocenters. The van der Waals surface area contributed by atoms with Crippen LogP contribution < -0.4 is 5.32 Å². The summed E-state index contributed by atoms with van der Waals surface area (Å²) < 4.78 is 5.62. The van der Waals surface area contributed by atoms with Gasteiger partial charge in [0.2, 0.25) is 0 Å². The molecule has 6 rings (SSSR count). The highest BCUT2D eigenvalue weighted by molar-refractivity contribution is 7.19. The van der Waals surface area contributed by atoms with Gasteiger partial charge < -0.3 is 14.7 Å². The number of ether oxygens (including phenoxy) is 1. The van der Waals surface area contributed by atoms with Crippen molar-refractivity contribution >= 4 is 39.5 Å². The molecule has 1 spiro atoms. The van der Waals surface area contributed by atoms with E-state index in [2.05, 4.69) is 21.4 Å². The second-order valence-electron chi connectivity index (χ2n) is 10.2. The summed E-state index contributed by atoms with van der Waals surface area (Å²) in [5.41, 5.74) is 3.92. The number of likely N-dealkylation sites (tertiary alicyclic amines) is 1. The number of carboxylic acid groups (broad SMARTS) is 1. The maximum absolute atomic E-state index is 13.3. The summed E-state index contributed by atoms with van der Waals surface area (Å²) in [6.07, 6.45) is 1.59. The Balaban J connectivity index is 1.28. The lowest BCUT2D eigenvalue weighted by Crippen LogP contribution is -2.63. The first kappa shape index (κ1) is 26.6. The highest BCUT2D eigenvalue weighted by Gasteiger charge is 2.45. The van der Waals surface area contributed by atoms with E-state index in [1.54, 1.807) is 23.4 Å². The molecule has 0 saturated carbocycles. The van der Waals surface area contributed by atoms with Crippen molar-refractivity contribution in [2.24, 2.45) is 0 Å². The number of amides is 3. The molecule has 2 aromatic carbocycles. The summed E-state index contributed by atoms with van der Waals surface area (Å²) in [5.74, 6) is 0. The van der Waals surface area contributed by atoms with Crippen LogP contribution in [0.25, 0.3) is 32.6 Å². The number of urea groups is 1. The Labute approximate surface area is 240 Å². The van der Waals surface area contributed by atoms with Gasteiger partial charge in [-0.15, -0.1) is 0 Å². The Kier molecular flexibility index (Phi) is 6.98. The summed E-state index contributed by atoms with van der Waals surface area (Å²) in [6, 6.07) is 15.0. The maximum Gasteiger partial charge on any atom is 0.407 e. The number of rotatable bonds is 3. The lowest BCUT2D eigenvalue weighted by Gasteiger charge is -2.49. The molecule has 4 heterocycles. The lowest BCUT2D eigenvalue weighted by atomic mass is 9.85. The number of hydrogen-bond donors (Lipinski definition) is 2. The number of nitrogens with zero attached hydrogens (tertiary/aromatic N) is 6. The van der Waals surface area contributed by atoms with Gasteiger partial charge in [-0.2, -0.15) is 5.26 Å². The normalized spacial score (nSPS) is 16.5. The minimum Gasteiger partial charge on any atom is -0.465 e. The highest BCUT2D eigenvalue weighted by Crippen LogP contribution is 2.40. The molecule has 11 nitrogen and oxygen atoms in total. The van der Waals surface area contributed by atoms with Crippen LogP contribution >= 0.6 is 11.3 Å². The molecule has 2 saturated heterocycles. The van der Waals surface area contributed by atoms with Crippen LogP contribution in [0.2, 0.25) is 0 Å². The van der Waals surface area contributed by atoms with E-state index in [0.717, 1.165) is 32.6 Å². The number of nitrogens with one attached hydrogen (secondary N) is 1. The summed E-state index contributed by atoms with van der Waals surface area (Å²) >= 11 is 1.35. The molecule has 4 aromatic rings. The second-order valence-corrected chi connectivity index (χ2v) is 11.2. The molecule has 2 N–H and O–H groups in total. The van der Waals surface area contributed by atoms with Crippen molar-refractivity contribution in [2.75, 3.05) is 38.2 Å². The molecule has 2 aliphatic heterocycles. The van der Waals surface area contributed by atoms with Gasteiger partial charge >= 0.3 is 12.1 Å². The predicted molar refractivity (Wildman–Crippen MR) is 154 cm³/mol. The third kappa shape index (κ3) is 5.05. The Morgan fingerprint density at radius 1 is 1.12 bits per heavy atom. The number of thiazole rings is 1. The number of morpholine rings is 1. The lowest BCUT2D eigenvalue weighted by molar-refractivity contribution is -0.0767. The Morgan fingerprint density at radius 2 is 1.95 bits per heavy atom.